The van der Waals surface area contributed by atoms with E-state index < -0.39 is 46.5 Å². The van der Waals surface area contributed by atoms with E-state index in [1.165, 1.54) is 0 Å². The first-order valence-corrected chi connectivity index (χ1v) is 10.4. The monoisotopic (exact) mass is 384 g/mol. The molecule has 2 aliphatic heterocycles. The van der Waals surface area contributed by atoms with Gasteiger partial charge in [-0.05, 0) is 62.2 Å². The lowest BCUT2D eigenvalue weighted by molar-refractivity contribution is -0.156. The first-order valence-electron chi connectivity index (χ1n) is 10.4. The summed E-state index contributed by atoms with van der Waals surface area (Å²) >= 11 is 0. The maximum atomic E-state index is 14.0. The van der Waals surface area contributed by atoms with E-state index in [9.17, 15) is 24.0 Å². The molecule has 9 unspecified atom stereocenters. The Bertz CT molecular complexity index is 850. The van der Waals surface area contributed by atoms with Crippen LogP contribution in [0.4, 0.5) is 0 Å². The number of Topliss-reactive ketones (excluding diaryl/α,β-unsaturated/α-hetero) is 1. The highest BCUT2D eigenvalue weighted by Gasteiger charge is 2.78. The fourth-order valence-corrected chi connectivity index (χ4v) is 9.16. The zero-order valence-corrected chi connectivity index (χ0v) is 15.2. The molecular formula is C21H20O7. The Morgan fingerprint density at radius 2 is 1.00 bits per heavy atom. The van der Waals surface area contributed by atoms with Crippen LogP contribution in [0.1, 0.15) is 38.5 Å². The third-order valence-corrected chi connectivity index (χ3v) is 9.85. The topological polar surface area (TPSA) is 104 Å². The average Bonchev–Trinajstić information content (AvgIpc) is 3.46. The number of ether oxygens (including phenoxy) is 2. The maximum Gasteiger partial charge on any atom is 0.317 e. The van der Waals surface area contributed by atoms with Crippen molar-refractivity contribution in [2.24, 2.45) is 58.2 Å². The van der Waals surface area contributed by atoms with Crippen molar-refractivity contribution >= 4 is 29.7 Å². The molecule has 28 heavy (non-hydrogen) atoms. The van der Waals surface area contributed by atoms with E-state index in [4.69, 9.17) is 9.47 Å². The van der Waals surface area contributed by atoms with Crippen LogP contribution in [0, 0.1) is 58.2 Å². The highest BCUT2D eigenvalue weighted by atomic mass is 16.6. The van der Waals surface area contributed by atoms with Gasteiger partial charge in [0.1, 0.15) is 5.78 Å². The number of carbonyl (C=O) groups excluding carboxylic acids is 5. The summed E-state index contributed by atoms with van der Waals surface area (Å²) in [5.74, 6) is -3.28. The maximum absolute atomic E-state index is 14.0. The van der Waals surface area contributed by atoms with E-state index in [0.29, 0.717) is 12.8 Å². The number of hydrogen-bond donors (Lipinski definition) is 0. The number of cyclic esters (lactones) is 4. The zero-order chi connectivity index (χ0) is 19.2. The molecule has 0 N–H and O–H groups in total. The van der Waals surface area contributed by atoms with E-state index in [1.54, 1.807) is 0 Å². The van der Waals surface area contributed by atoms with Gasteiger partial charge in [-0.15, -0.1) is 0 Å². The number of esters is 4. The van der Waals surface area contributed by atoms with Crippen LogP contribution >= 0.6 is 0 Å². The van der Waals surface area contributed by atoms with E-state index in [1.807, 2.05) is 0 Å². The average molecular weight is 384 g/mol. The van der Waals surface area contributed by atoms with Gasteiger partial charge in [0.05, 0.1) is 23.7 Å². The van der Waals surface area contributed by atoms with Crippen molar-refractivity contribution in [1.29, 1.82) is 0 Å². The second-order valence-electron chi connectivity index (χ2n) is 10.3. The molecule has 2 spiro atoms. The Balaban J connectivity index is 1.27. The lowest BCUT2D eigenvalue weighted by Gasteiger charge is -2.41. The van der Waals surface area contributed by atoms with Gasteiger partial charge in [-0.2, -0.15) is 0 Å². The molecule has 2 heterocycles. The van der Waals surface area contributed by atoms with Crippen LogP contribution in [-0.2, 0) is 33.4 Å². The van der Waals surface area contributed by atoms with Gasteiger partial charge in [0.25, 0.3) is 0 Å². The van der Waals surface area contributed by atoms with E-state index in [2.05, 4.69) is 0 Å². The lowest BCUT2D eigenvalue weighted by atomic mass is 9.58. The fourth-order valence-electron chi connectivity index (χ4n) is 9.16. The quantitative estimate of drug-likeness (QED) is 0.454. The van der Waals surface area contributed by atoms with Gasteiger partial charge in [-0.3, -0.25) is 24.0 Å². The van der Waals surface area contributed by atoms with Crippen molar-refractivity contribution in [2.75, 3.05) is 0 Å². The summed E-state index contributed by atoms with van der Waals surface area (Å²) in [7, 11) is 0. The van der Waals surface area contributed by atoms with Gasteiger partial charge < -0.3 is 9.47 Å². The number of ketones is 1. The Labute approximate surface area is 160 Å². The molecular weight excluding hydrogens is 364 g/mol. The van der Waals surface area contributed by atoms with Crippen molar-refractivity contribution in [2.45, 2.75) is 38.5 Å². The fraction of sp³-hybridized carbons (Fsp3) is 0.762. The predicted octanol–water partition coefficient (Wildman–Crippen LogP) is 1.03. The van der Waals surface area contributed by atoms with Crippen LogP contribution in [0.2, 0.25) is 0 Å². The normalized spacial score (nSPS) is 57.6. The smallest absolute Gasteiger partial charge is 0.317 e. The van der Waals surface area contributed by atoms with Gasteiger partial charge in [-0.1, -0.05) is 0 Å². The second-order valence-corrected chi connectivity index (χ2v) is 10.3. The summed E-state index contributed by atoms with van der Waals surface area (Å²) in [6, 6.07) is 0. The van der Waals surface area contributed by atoms with E-state index >= 15 is 0 Å². The molecule has 4 bridgehead atoms. The van der Waals surface area contributed by atoms with Crippen molar-refractivity contribution in [3.05, 3.63) is 0 Å². The van der Waals surface area contributed by atoms with E-state index in [-0.39, 0.29) is 41.3 Å². The van der Waals surface area contributed by atoms with Crippen molar-refractivity contribution < 1.29 is 33.4 Å². The highest BCUT2D eigenvalue weighted by molar-refractivity contribution is 6.02. The zero-order valence-electron chi connectivity index (χ0n) is 15.2. The van der Waals surface area contributed by atoms with Gasteiger partial charge in [0, 0.05) is 10.8 Å². The van der Waals surface area contributed by atoms with Crippen LogP contribution in [0.5, 0.6) is 0 Å². The molecule has 0 aromatic carbocycles. The Morgan fingerprint density at radius 3 is 1.43 bits per heavy atom. The molecule has 7 fully saturated rings. The standard InChI is InChI=1S/C21H20O7/c22-15-11-7-3-9(13(11)17(24)27-15)20(5-7)1-2-21(19(20)26)6-8-4-10(21)14-12(8)16(23)28-18(14)25/h7-14H,1-6H2/t7?,8?,9?,10?,11?,12?,13?,14?,20-,21?/m0/s1. The molecule has 5 aliphatic carbocycles. The van der Waals surface area contributed by atoms with Gasteiger partial charge in [0.15, 0.2) is 0 Å². The Kier molecular flexibility index (Phi) is 2.49. The third-order valence-electron chi connectivity index (χ3n) is 9.85. The first kappa shape index (κ1) is 15.8. The molecule has 0 amide bonds. The number of hydrogen-bond acceptors (Lipinski definition) is 7. The van der Waals surface area contributed by atoms with Crippen LogP contribution in [0.25, 0.3) is 0 Å². The predicted molar refractivity (Wildman–Crippen MR) is 87.7 cm³/mol. The molecule has 7 aliphatic rings. The molecule has 146 valence electrons. The Morgan fingerprint density at radius 1 is 0.607 bits per heavy atom. The summed E-state index contributed by atoms with van der Waals surface area (Å²) in [6.07, 6.45) is 4.27. The molecule has 0 aromatic rings. The molecule has 0 aromatic heterocycles. The minimum Gasteiger partial charge on any atom is -0.393 e. The molecule has 7 heteroatoms. The highest BCUT2D eigenvalue weighted by Crippen LogP contribution is 2.75. The van der Waals surface area contributed by atoms with Gasteiger partial charge >= 0.3 is 23.9 Å². The van der Waals surface area contributed by atoms with Gasteiger partial charge in [-0.25, -0.2) is 0 Å². The number of rotatable bonds is 0. The molecule has 0 radical (unpaired) electrons. The van der Waals surface area contributed by atoms with Crippen LogP contribution < -0.4 is 0 Å². The molecule has 7 nitrogen and oxygen atoms in total. The summed E-state index contributed by atoms with van der Waals surface area (Å²) in [4.78, 5) is 62.8. The van der Waals surface area contributed by atoms with Crippen LogP contribution in [0.3, 0.4) is 0 Å². The molecule has 7 rings (SSSR count). The molecule has 10 atom stereocenters. The number of carbonyl (C=O) groups is 5. The second kappa shape index (κ2) is 4.41. The Hall–Kier alpha value is -2.05. The SMILES string of the molecule is O=C1OC(=O)C2C1C1CC2C2(CC[C@@]3(CC4CC3C3C(=O)OC(=O)C43)C2=O)C1. The van der Waals surface area contributed by atoms with Crippen LogP contribution in [0.15, 0.2) is 0 Å². The number of fused-ring (bicyclic) bond motifs is 12. The van der Waals surface area contributed by atoms with Crippen molar-refractivity contribution in [1.82, 2.24) is 0 Å². The van der Waals surface area contributed by atoms with E-state index in [0.717, 1.165) is 25.7 Å². The minimum atomic E-state index is -0.554. The summed E-state index contributed by atoms with van der Waals surface area (Å²) in [5.41, 5.74) is -1.11. The third kappa shape index (κ3) is 1.40. The lowest BCUT2D eigenvalue weighted by Crippen LogP contribution is -2.48. The van der Waals surface area contributed by atoms with Crippen molar-refractivity contribution in [3.8, 4) is 0 Å². The summed E-state index contributed by atoms with van der Waals surface area (Å²) < 4.78 is 9.82. The molecule has 2 saturated heterocycles. The van der Waals surface area contributed by atoms with Crippen LogP contribution in [-0.4, -0.2) is 29.7 Å². The van der Waals surface area contributed by atoms with Crippen molar-refractivity contribution in [3.63, 3.8) is 0 Å². The largest absolute Gasteiger partial charge is 0.393 e. The summed E-state index contributed by atoms with van der Waals surface area (Å²) in [6.45, 7) is 0. The first-order chi connectivity index (χ1) is 13.4. The minimum absolute atomic E-state index is 0.0532. The molecule has 5 saturated carbocycles. The summed E-state index contributed by atoms with van der Waals surface area (Å²) in [5, 5.41) is 0. The van der Waals surface area contributed by atoms with Gasteiger partial charge in [0.2, 0.25) is 0 Å².